The molecule has 0 heterocycles. The van der Waals surface area contributed by atoms with Gasteiger partial charge in [-0.1, -0.05) is 12.1 Å². The molecule has 2 aromatic rings. The molecule has 0 spiro atoms. The van der Waals surface area contributed by atoms with Gasteiger partial charge in [-0.05, 0) is 30.7 Å². The van der Waals surface area contributed by atoms with Gasteiger partial charge in [-0.2, -0.15) is 0 Å². The Morgan fingerprint density at radius 1 is 1.22 bits per heavy atom. The number of hydrogen-bond donors (Lipinski definition) is 2. The number of carboxylic acid groups (broad SMARTS) is 1. The van der Waals surface area contributed by atoms with Crippen molar-refractivity contribution in [1.82, 2.24) is 5.32 Å². The Morgan fingerprint density at radius 3 is 2.57 bits per heavy atom. The molecular weight excluding hydrogens is 300 g/mol. The maximum atomic E-state index is 11.9. The molecule has 0 radical (unpaired) electrons. The van der Waals surface area contributed by atoms with Gasteiger partial charge in [0.25, 0.3) is 11.6 Å². The second kappa shape index (κ2) is 6.69. The number of carboxylic acids is 1. The zero-order valence-corrected chi connectivity index (χ0v) is 12.3. The van der Waals surface area contributed by atoms with Gasteiger partial charge in [0.15, 0.2) is 0 Å². The summed E-state index contributed by atoms with van der Waals surface area (Å²) in [6, 6.07) is 9.83. The van der Waals surface area contributed by atoms with Gasteiger partial charge in [-0.3, -0.25) is 14.9 Å². The van der Waals surface area contributed by atoms with E-state index in [1.807, 2.05) is 0 Å². The van der Waals surface area contributed by atoms with Crippen molar-refractivity contribution in [3.05, 3.63) is 63.7 Å². The molecule has 1 amide bonds. The monoisotopic (exact) mass is 314 g/mol. The number of carbonyl (C=O) groups is 2. The van der Waals surface area contributed by atoms with Crippen LogP contribution < -0.4 is 5.32 Å². The lowest BCUT2D eigenvalue weighted by molar-refractivity contribution is -0.384. The van der Waals surface area contributed by atoms with Gasteiger partial charge in [0.1, 0.15) is 0 Å². The van der Waals surface area contributed by atoms with Crippen molar-refractivity contribution in [2.45, 2.75) is 6.92 Å². The van der Waals surface area contributed by atoms with Crippen molar-refractivity contribution in [1.29, 1.82) is 0 Å². The number of non-ortho nitro benzene ring substituents is 1. The summed E-state index contributed by atoms with van der Waals surface area (Å²) in [6.07, 6.45) is 0. The van der Waals surface area contributed by atoms with Crippen LogP contribution in [0.4, 0.5) is 5.69 Å². The highest BCUT2D eigenvalue weighted by Crippen LogP contribution is 2.28. The van der Waals surface area contributed by atoms with E-state index in [2.05, 4.69) is 5.32 Å². The van der Waals surface area contributed by atoms with Gasteiger partial charge in [0, 0.05) is 29.8 Å². The quantitative estimate of drug-likeness (QED) is 0.651. The number of nitro benzene ring substituents is 1. The molecule has 0 aliphatic carbocycles. The van der Waals surface area contributed by atoms with Crippen LogP contribution in [-0.4, -0.2) is 28.5 Å². The van der Waals surface area contributed by atoms with Crippen LogP contribution in [0, 0.1) is 10.1 Å². The smallest absolute Gasteiger partial charge is 0.336 e. The van der Waals surface area contributed by atoms with E-state index in [1.54, 1.807) is 25.1 Å². The molecule has 0 aliphatic rings. The second-order valence-corrected chi connectivity index (χ2v) is 4.73. The first-order valence-electron chi connectivity index (χ1n) is 6.84. The Kier molecular flexibility index (Phi) is 4.70. The predicted molar refractivity (Wildman–Crippen MR) is 83.5 cm³/mol. The Morgan fingerprint density at radius 2 is 1.96 bits per heavy atom. The molecule has 0 saturated heterocycles. The highest BCUT2D eigenvalue weighted by atomic mass is 16.6. The molecule has 2 rings (SSSR count). The molecule has 0 bridgehead atoms. The first kappa shape index (κ1) is 16.2. The van der Waals surface area contributed by atoms with Crippen LogP contribution in [0.25, 0.3) is 11.1 Å². The summed E-state index contributed by atoms with van der Waals surface area (Å²) < 4.78 is 0. The molecule has 23 heavy (non-hydrogen) atoms. The van der Waals surface area contributed by atoms with Crippen molar-refractivity contribution in [3.63, 3.8) is 0 Å². The van der Waals surface area contributed by atoms with Gasteiger partial charge in [0.05, 0.1) is 10.5 Å². The van der Waals surface area contributed by atoms with Crippen LogP contribution in [0.3, 0.4) is 0 Å². The third-order valence-corrected chi connectivity index (χ3v) is 3.22. The Labute approximate surface area is 131 Å². The summed E-state index contributed by atoms with van der Waals surface area (Å²) >= 11 is 0. The van der Waals surface area contributed by atoms with Crippen molar-refractivity contribution in [2.75, 3.05) is 6.54 Å². The van der Waals surface area contributed by atoms with Gasteiger partial charge >= 0.3 is 5.97 Å². The highest BCUT2D eigenvalue weighted by Gasteiger charge is 2.17. The van der Waals surface area contributed by atoms with E-state index in [1.165, 1.54) is 18.2 Å². The summed E-state index contributed by atoms with van der Waals surface area (Å²) in [6.45, 7) is 2.24. The minimum atomic E-state index is -1.20. The fourth-order valence-corrected chi connectivity index (χ4v) is 2.16. The molecule has 118 valence electrons. The summed E-state index contributed by atoms with van der Waals surface area (Å²) in [5.41, 5.74) is 0.692. The minimum absolute atomic E-state index is 0.0661. The van der Waals surface area contributed by atoms with E-state index in [4.69, 9.17) is 0 Å². The average molecular weight is 314 g/mol. The maximum absolute atomic E-state index is 11.9. The van der Waals surface area contributed by atoms with Gasteiger partial charge in [0.2, 0.25) is 0 Å². The lowest BCUT2D eigenvalue weighted by Gasteiger charge is -2.08. The van der Waals surface area contributed by atoms with E-state index in [9.17, 15) is 24.8 Å². The van der Waals surface area contributed by atoms with Crippen LogP contribution in [0.1, 0.15) is 27.6 Å². The lowest BCUT2D eigenvalue weighted by atomic mass is 9.97. The largest absolute Gasteiger partial charge is 0.478 e. The van der Waals surface area contributed by atoms with Crippen molar-refractivity contribution in [2.24, 2.45) is 0 Å². The van der Waals surface area contributed by atoms with E-state index in [-0.39, 0.29) is 22.7 Å². The third kappa shape index (κ3) is 3.52. The number of nitrogens with zero attached hydrogens (tertiary/aromatic N) is 1. The molecule has 2 aromatic carbocycles. The van der Waals surface area contributed by atoms with Crippen LogP contribution in [0.5, 0.6) is 0 Å². The summed E-state index contributed by atoms with van der Waals surface area (Å²) in [5, 5.41) is 22.8. The zero-order chi connectivity index (χ0) is 17.0. The zero-order valence-electron chi connectivity index (χ0n) is 12.3. The average Bonchev–Trinajstić information content (AvgIpc) is 2.54. The Bertz CT molecular complexity index is 786. The van der Waals surface area contributed by atoms with Crippen molar-refractivity contribution >= 4 is 17.6 Å². The molecule has 0 saturated carbocycles. The Hall–Kier alpha value is -3.22. The van der Waals surface area contributed by atoms with Gasteiger partial charge < -0.3 is 10.4 Å². The van der Waals surface area contributed by atoms with Crippen molar-refractivity contribution < 1.29 is 19.6 Å². The van der Waals surface area contributed by atoms with E-state index in [0.717, 1.165) is 6.07 Å². The SMILES string of the molecule is CCNC(=O)c1cccc(-c2cc([N+](=O)[O-])ccc2C(=O)O)c1. The van der Waals surface area contributed by atoms with E-state index >= 15 is 0 Å². The molecular formula is C16H14N2O5. The van der Waals surface area contributed by atoms with Crippen LogP contribution in [0.2, 0.25) is 0 Å². The fourth-order valence-electron chi connectivity index (χ4n) is 2.16. The summed E-state index contributed by atoms with van der Waals surface area (Å²) in [5.74, 6) is -1.49. The Balaban J connectivity index is 2.58. The molecule has 0 fully saturated rings. The molecule has 7 heteroatoms. The molecule has 2 N–H and O–H groups in total. The third-order valence-electron chi connectivity index (χ3n) is 3.22. The number of nitro groups is 1. The second-order valence-electron chi connectivity index (χ2n) is 4.73. The molecule has 0 aliphatic heterocycles. The van der Waals surface area contributed by atoms with Crippen LogP contribution in [-0.2, 0) is 0 Å². The normalized spacial score (nSPS) is 10.1. The number of benzene rings is 2. The summed E-state index contributed by atoms with van der Waals surface area (Å²) in [4.78, 5) is 33.6. The maximum Gasteiger partial charge on any atom is 0.336 e. The first-order valence-corrected chi connectivity index (χ1v) is 6.84. The number of aromatic carboxylic acids is 1. The molecule has 7 nitrogen and oxygen atoms in total. The number of carbonyl (C=O) groups excluding carboxylic acids is 1. The van der Waals surface area contributed by atoms with Gasteiger partial charge in [-0.25, -0.2) is 4.79 Å². The molecule has 0 unspecified atom stereocenters. The number of nitrogens with one attached hydrogen (secondary N) is 1. The van der Waals surface area contributed by atoms with Crippen molar-refractivity contribution in [3.8, 4) is 11.1 Å². The molecule has 0 atom stereocenters. The van der Waals surface area contributed by atoms with Gasteiger partial charge in [-0.15, -0.1) is 0 Å². The van der Waals surface area contributed by atoms with E-state index < -0.39 is 10.9 Å². The standard InChI is InChI=1S/C16H14N2O5/c1-2-17-15(19)11-5-3-4-10(8-11)14-9-12(18(22)23)6-7-13(14)16(20)21/h3-9H,2H2,1H3,(H,17,19)(H,20,21). The lowest BCUT2D eigenvalue weighted by Crippen LogP contribution is -2.22. The first-order chi connectivity index (χ1) is 10.9. The van der Waals surface area contributed by atoms with Crippen LogP contribution in [0.15, 0.2) is 42.5 Å². The van der Waals surface area contributed by atoms with Crippen LogP contribution >= 0.6 is 0 Å². The minimum Gasteiger partial charge on any atom is -0.478 e. The topological polar surface area (TPSA) is 110 Å². The number of rotatable bonds is 5. The summed E-state index contributed by atoms with van der Waals surface area (Å²) in [7, 11) is 0. The molecule has 0 aromatic heterocycles. The fraction of sp³-hybridized carbons (Fsp3) is 0.125. The number of amides is 1. The highest BCUT2D eigenvalue weighted by molar-refractivity contribution is 5.99. The predicted octanol–water partition coefficient (Wildman–Crippen LogP) is 2.71. The number of hydrogen-bond acceptors (Lipinski definition) is 4. The van der Waals surface area contributed by atoms with E-state index in [0.29, 0.717) is 17.7 Å².